The van der Waals surface area contributed by atoms with Gasteiger partial charge in [0.1, 0.15) is 0 Å². The Bertz CT molecular complexity index is 475. The SMILES string of the molecule is C=CC(C=C)(OC(=O)C(C)(CC(C)(C)C)C(C)(C)C)C1CCCCC1. The minimum Gasteiger partial charge on any atom is -0.450 e. The van der Waals surface area contributed by atoms with E-state index in [4.69, 9.17) is 4.74 Å². The van der Waals surface area contributed by atoms with Crippen molar-refractivity contribution >= 4 is 5.97 Å². The van der Waals surface area contributed by atoms with Crippen molar-refractivity contribution in [2.75, 3.05) is 0 Å². The Kier molecular flexibility index (Phi) is 6.75. The fraction of sp³-hybridized carbons (Fsp3) is 0.783. The molecule has 1 fully saturated rings. The Morgan fingerprint density at radius 2 is 1.44 bits per heavy atom. The van der Waals surface area contributed by atoms with E-state index < -0.39 is 11.0 Å². The van der Waals surface area contributed by atoms with E-state index in [1.807, 2.05) is 0 Å². The van der Waals surface area contributed by atoms with Crippen LogP contribution in [0.2, 0.25) is 0 Å². The van der Waals surface area contributed by atoms with Crippen molar-refractivity contribution in [3.8, 4) is 0 Å². The van der Waals surface area contributed by atoms with Gasteiger partial charge in [-0.05, 0) is 49.2 Å². The van der Waals surface area contributed by atoms with Gasteiger partial charge >= 0.3 is 5.97 Å². The number of hydrogen-bond donors (Lipinski definition) is 0. The average molecular weight is 349 g/mol. The Morgan fingerprint density at radius 3 is 1.80 bits per heavy atom. The molecule has 1 saturated carbocycles. The second-order valence-electron chi connectivity index (χ2n) is 10.3. The number of carbonyl (C=O) groups excluding carboxylic acids is 1. The first-order chi connectivity index (χ1) is 11.3. The highest BCUT2D eigenvalue weighted by Crippen LogP contribution is 2.49. The summed E-state index contributed by atoms with van der Waals surface area (Å²) in [5, 5.41) is 0. The molecule has 2 heteroatoms. The second kappa shape index (κ2) is 7.68. The maximum Gasteiger partial charge on any atom is 0.313 e. The molecule has 0 saturated heterocycles. The summed E-state index contributed by atoms with van der Waals surface area (Å²) in [6.45, 7) is 23.0. The van der Waals surface area contributed by atoms with Gasteiger partial charge in [0.05, 0.1) is 5.41 Å². The lowest BCUT2D eigenvalue weighted by Gasteiger charge is -2.46. The molecule has 0 radical (unpaired) electrons. The van der Waals surface area contributed by atoms with Crippen molar-refractivity contribution in [2.24, 2.45) is 22.2 Å². The molecule has 0 aromatic rings. The number of hydrogen-bond acceptors (Lipinski definition) is 2. The van der Waals surface area contributed by atoms with Crippen molar-refractivity contribution in [2.45, 2.75) is 92.6 Å². The van der Waals surface area contributed by atoms with Crippen molar-refractivity contribution in [3.63, 3.8) is 0 Å². The van der Waals surface area contributed by atoms with E-state index >= 15 is 0 Å². The molecular formula is C23H40O2. The van der Waals surface area contributed by atoms with Crippen molar-refractivity contribution in [1.29, 1.82) is 0 Å². The molecular weight excluding hydrogens is 308 g/mol. The van der Waals surface area contributed by atoms with Crippen molar-refractivity contribution in [1.82, 2.24) is 0 Å². The number of ether oxygens (including phenoxy) is 1. The van der Waals surface area contributed by atoms with Crippen LogP contribution < -0.4 is 0 Å². The third kappa shape index (κ3) is 4.99. The zero-order valence-electron chi connectivity index (χ0n) is 17.7. The van der Waals surface area contributed by atoms with E-state index in [2.05, 4.69) is 61.6 Å². The highest BCUT2D eigenvalue weighted by Gasteiger charge is 2.50. The first-order valence-corrected chi connectivity index (χ1v) is 9.82. The third-order valence-corrected chi connectivity index (χ3v) is 6.14. The Labute approximate surface area is 156 Å². The molecule has 25 heavy (non-hydrogen) atoms. The molecule has 1 aliphatic rings. The molecule has 2 nitrogen and oxygen atoms in total. The fourth-order valence-corrected chi connectivity index (χ4v) is 4.11. The molecule has 0 N–H and O–H groups in total. The summed E-state index contributed by atoms with van der Waals surface area (Å²) in [4.78, 5) is 13.4. The highest BCUT2D eigenvalue weighted by atomic mass is 16.6. The molecule has 0 spiro atoms. The lowest BCUT2D eigenvalue weighted by molar-refractivity contribution is -0.177. The van der Waals surface area contributed by atoms with E-state index in [1.54, 1.807) is 12.2 Å². The molecule has 1 aliphatic carbocycles. The lowest BCUT2D eigenvalue weighted by Crippen LogP contribution is -2.49. The van der Waals surface area contributed by atoms with Gasteiger partial charge in [-0.2, -0.15) is 0 Å². The van der Waals surface area contributed by atoms with Gasteiger partial charge in [-0.3, -0.25) is 4.79 Å². The van der Waals surface area contributed by atoms with E-state index in [9.17, 15) is 4.79 Å². The largest absolute Gasteiger partial charge is 0.450 e. The van der Waals surface area contributed by atoms with Gasteiger partial charge in [0.25, 0.3) is 0 Å². The van der Waals surface area contributed by atoms with Gasteiger partial charge in [0.15, 0.2) is 5.60 Å². The fourth-order valence-electron chi connectivity index (χ4n) is 4.11. The molecule has 1 unspecified atom stereocenters. The van der Waals surface area contributed by atoms with Gasteiger partial charge in [-0.1, -0.05) is 74.0 Å². The van der Waals surface area contributed by atoms with Gasteiger partial charge in [0, 0.05) is 5.92 Å². The Hall–Kier alpha value is -1.05. The highest BCUT2D eigenvalue weighted by molar-refractivity contribution is 5.78. The van der Waals surface area contributed by atoms with E-state index in [1.165, 1.54) is 19.3 Å². The average Bonchev–Trinajstić information content (AvgIpc) is 2.50. The van der Waals surface area contributed by atoms with Crippen LogP contribution >= 0.6 is 0 Å². The molecule has 0 aromatic carbocycles. The number of carbonyl (C=O) groups is 1. The smallest absolute Gasteiger partial charge is 0.313 e. The van der Waals surface area contributed by atoms with Gasteiger partial charge < -0.3 is 4.74 Å². The van der Waals surface area contributed by atoms with E-state index in [-0.39, 0.29) is 16.8 Å². The first kappa shape index (κ1) is 22.0. The maximum atomic E-state index is 13.4. The summed E-state index contributed by atoms with van der Waals surface area (Å²) in [5.74, 6) is 0.166. The molecule has 0 aromatic heterocycles. The summed E-state index contributed by atoms with van der Waals surface area (Å²) in [6, 6.07) is 0. The Balaban J connectivity index is 3.18. The van der Waals surface area contributed by atoms with Crippen molar-refractivity contribution in [3.05, 3.63) is 25.3 Å². The van der Waals surface area contributed by atoms with Gasteiger partial charge in [-0.25, -0.2) is 0 Å². The zero-order valence-corrected chi connectivity index (χ0v) is 17.7. The van der Waals surface area contributed by atoms with Gasteiger partial charge in [-0.15, -0.1) is 0 Å². The molecule has 144 valence electrons. The van der Waals surface area contributed by atoms with Crippen LogP contribution in [-0.4, -0.2) is 11.6 Å². The molecule has 1 atom stereocenters. The Morgan fingerprint density at radius 1 is 0.960 bits per heavy atom. The second-order valence-corrected chi connectivity index (χ2v) is 10.3. The number of esters is 1. The third-order valence-electron chi connectivity index (χ3n) is 6.14. The normalized spacial score (nSPS) is 19.8. The first-order valence-electron chi connectivity index (χ1n) is 9.82. The monoisotopic (exact) mass is 348 g/mol. The summed E-state index contributed by atoms with van der Waals surface area (Å²) < 4.78 is 6.24. The predicted octanol–water partition coefficient (Wildman–Crippen LogP) is 6.71. The van der Waals surface area contributed by atoms with Crippen LogP contribution in [0.1, 0.15) is 87.0 Å². The van der Waals surface area contributed by atoms with Crippen LogP contribution in [0.25, 0.3) is 0 Å². The molecule has 0 aliphatic heterocycles. The van der Waals surface area contributed by atoms with Gasteiger partial charge in [0.2, 0.25) is 0 Å². The summed E-state index contributed by atoms with van der Waals surface area (Å²) in [7, 11) is 0. The van der Waals surface area contributed by atoms with Crippen LogP contribution in [0, 0.1) is 22.2 Å². The van der Waals surface area contributed by atoms with Crippen LogP contribution in [-0.2, 0) is 9.53 Å². The standard InChI is InChI=1S/C23H40O2/c1-10-23(11-2,18-15-13-12-14-16-18)25-19(24)22(9,21(6,7)8)17-20(3,4)5/h10-11,18H,1-2,12-17H2,3-9H3. The van der Waals surface area contributed by atoms with E-state index in [0.29, 0.717) is 5.92 Å². The summed E-state index contributed by atoms with van der Waals surface area (Å²) in [6.07, 6.45) is 10.1. The van der Waals surface area contributed by atoms with Crippen LogP contribution in [0.4, 0.5) is 0 Å². The lowest BCUT2D eigenvalue weighted by atomic mass is 9.61. The van der Waals surface area contributed by atoms with E-state index in [0.717, 1.165) is 19.3 Å². The number of rotatable bonds is 6. The van der Waals surface area contributed by atoms with Crippen LogP contribution in [0.15, 0.2) is 25.3 Å². The van der Waals surface area contributed by atoms with Crippen molar-refractivity contribution < 1.29 is 9.53 Å². The summed E-state index contributed by atoms with van der Waals surface area (Å²) in [5.41, 5.74) is -1.48. The quantitative estimate of drug-likeness (QED) is 0.394. The summed E-state index contributed by atoms with van der Waals surface area (Å²) >= 11 is 0. The minimum absolute atomic E-state index is 0.0386. The zero-order chi connectivity index (χ0) is 19.5. The predicted molar refractivity (Wildman–Crippen MR) is 107 cm³/mol. The van der Waals surface area contributed by atoms with Crippen LogP contribution in [0.5, 0.6) is 0 Å². The molecule has 1 rings (SSSR count). The topological polar surface area (TPSA) is 26.3 Å². The molecule has 0 amide bonds. The molecule has 0 bridgehead atoms. The maximum absolute atomic E-state index is 13.4. The molecule has 0 heterocycles. The van der Waals surface area contributed by atoms with Crippen LogP contribution in [0.3, 0.4) is 0 Å². The minimum atomic E-state index is -0.748.